The Labute approximate surface area is 300 Å². The molecule has 14 heteroatoms. The van der Waals surface area contributed by atoms with Gasteiger partial charge in [-0.1, -0.05) is 60.7 Å². The van der Waals surface area contributed by atoms with Crippen LogP contribution in [-0.2, 0) is 54.3 Å². The molecular weight excluding hydrogens is 678 g/mol. The number of amides is 2. The summed E-state index contributed by atoms with van der Waals surface area (Å²) in [6, 6.07) is 15.5. The van der Waals surface area contributed by atoms with E-state index in [0.29, 0.717) is 36.9 Å². The lowest BCUT2D eigenvalue weighted by Gasteiger charge is -2.44. The highest BCUT2D eigenvalue weighted by molar-refractivity contribution is 8.01. The van der Waals surface area contributed by atoms with Gasteiger partial charge < -0.3 is 34.5 Å². The van der Waals surface area contributed by atoms with Gasteiger partial charge in [-0.2, -0.15) is 0 Å². The number of hydrogen-bond acceptors (Lipinski definition) is 12. The van der Waals surface area contributed by atoms with Crippen molar-refractivity contribution in [3.05, 3.63) is 83.6 Å². The van der Waals surface area contributed by atoms with E-state index in [-0.39, 0.29) is 18.5 Å². The van der Waals surface area contributed by atoms with E-state index in [1.165, 1.54) is 29.8 Å². The number of benzene rings is 2. The molecule has 1 saturated carbocycles. The number of carbonyl (C=O) groups is 6. The molecule has 3 fully saturated rings. The second-order valence-corrected chi connectivity index (χ2v) is 15.0. The first-order valence-electron chi connectivity index (χ1n) is 16.8. The van der Waals surface area contributed by atoms with E-state index in [4.69, 9.17) is 14.2 Å². The molecule has 4 atom stereocenters. The number of nitrogens with zero attached hydrogens (tertiary/aromatic N) is 1. The third-order valence-electron chi connectivity index (χ3n) is 9.28. The van der Waals surface area contributed by atoms with Gasteiger partial charge in [0.05, 0.1) is 18.9 Å². The van der Waals surface area contributed by atoms with Gasteiger partial charge in [-0.15, -0.1) is 11.8 Å². The molecule has 2 N–H and O–H groups in total. The van der Waals surface area contributed by atoms with Crippen molar-refractivity contribution >= 4 is 47.5 Å². The summed E-state index contributed by atoms with van der Waals surface area (Å²) in [6.07, 6.45) is 3.09. The van der Waals surface area contributed by atoms with Gasteiger partial charge in [-0.25, -0.2) is 9.59 Å². The second kappa shape index (κ2) is 16.4. The maximum atomic E-state index is 13.6. The molecule has 272 valence electrons. The summed E-state index contributed by atoms with van der Waals surface area (Å²) >= 11 is 1.36. The minimum atomic E-state index is -0.975. The fourth-order valence-corrected chi connectivity index (χ4v) is 8.19. The maximum Gasteiger partial charge on any atom is 0.333 e. The molecule has 3 aliphatic rings. The smallest absolute Gasteiger partial charge is 0.333 e. The molecule has 2 aromatic rings. The Hall–Kier alpha value is -4.85. The monoisotopic (exact) mass is 721 g/mol. The van der Waals surface area contributed by atoms with Crippen LogP contribution in [0.3, 0.4) is 0 Å². The molecule has 0 aromatic heterocycles. The number of ether oxygens (including phenoxy) is 4. The molecular formula is C37H43N3O10S. The Bertz CT molecular complexity index is 1640. The number of rotatable bonds is 13. The largest absolute Gasteiger partial charge is 0.466 e. The third kappa shape index (κ3) is 8.91. The van der Waals surface area contributed by atoms with Gasteiger partial charge in [-0.05, 0) is 57.6 Å². The predicted molar refractivity (Wildman–Crippen MR) is 185 cm³/mol. The number of allylic oxidation sites excluding steroid dienone is 1. The Morgan fingerprint density at radius 2 is 1.45 bits per heavy atom. The lowest BCUT2D eigenvalue weighted by atomic mass is 9.82. The minimum Gasteiger partial charge on any atom is -0.466 e. The number of nitrogens with one attached hydrogen (secondary N) is 2. The van der Waals surface area contributed by atoms with Gasteiger partial charge in [0.1, 0.15) is 30.1 Å². The van der Waals surface area contributed by atoms with Crippen LogP contribution in [0.4, 0.5) is 0 Å². The zero-order chi connectivity index (χ0) is 36.7. The number of thioether (sulfide) groups is 1. The van der Waals surface area contributed by atoms with E-state index in [1.807, 2.05) is 30.3 Å². The van der Waals surface area contributed by atoms with Gasteiger partial charge in [0.25, 0.3) is 0 Å². The van der Waals surface area contributed by atoms with Crippen LogP contribution in [0.15, 0.2) is 72.4 Å². The van der Waals surface area contributed by atoms with Gasteiger partial charge >= 0.3 is 23.9 Å². The summed E-state index contributed by atoms with van der Waals surface area (Å²) in [5, 5.41) is 5.31. The third-order valence-corrected chi connectivity index (χ3v) is 10.9. The lowest BCUT2D eigenvalue weighted by molar-refractivity contribution is -0.179. The van der Waals surface area contributed by atoms with Crippen molar-refractivity contribution < 1.29 is 47.7 Å². The average molecular weight is 722 g/mol. The first-order valence-corrected chi connectivity index (χ1v) is 17.7. The zero-order valence-electron chi connectivity index (χ0n) is 29.0. The Kier molecular flexibility index (Phi) is 12.1. The molecule has 2 aliphatic heterocycles. The minimum absolute atomic E-state index is 0.200. The maximum absolute atomic E-state index is 13.6. The van der Waals surface area contributed by atoms with Crippen LogP contribution in [0.2, 0.25) is 0 Å². The highest BCUT2D eigenvalue weighted by Gasteiger charge is 2.64. The number of carbonyl (C=O) groups excluding carboxylic acids is 6. The summed E-state index contributed by atoms with van der Waals surface area (Å²) in [6.45, 7) is 4.82. The van der Waals surface area contributed by atoms with E-state index < -0.39 is 70.7 Å². The van der Waals surface area contributed by atoms with Gasteiger partial charge in [0.15, 0.2) is 0 Å². The van der Waals surface area contributed by atoms with Crippen molar-refractivity contribution in [2.75, 3.05) is 13.9 Å². The normalized spacial score (nSPS) is 24.2. The lowest BCUT2D eigenvalue weighted by Crippen LogP contribution is -2.71. The Balaban J connectivity index is 1.10. The van der Waals surface area contributed by atoms with Gasteiger partial charge in [0.2, 0.25) is 18.6 Å². The standard InChI is InChI=1S/C37H43N3O10S/c1-22(19-27(41)47-4)38-28(24-13-9-6-10-14-24)31(42)39-29-32(43)40-30(37(2,3)51-33(29)40)36(46)50-21-49-35(45)26-17-15-25(16-18-26)34(44)48-20-23-11-7-5-8-12-23/h5-14,19,25-26,28-30,33,38H,15-18,20-21H2,1-4H3,(H,39,42)/t25-,26-,28?,29-,30+,33-/m1/s1. The highest BCUT2D eigenvalue weighted by Crippen LogP contribution is 2.51. The van der Waals surface area contributed by atoms with Crippen molar-refractivity contribution in [2.24, 2.45) is 11.8 Å². The van der Waals surface area contributed by atoms with Crippen LogP contribution in [0.5, 0.6) is 0 Å². The molecule has 13 nitrogen and oxygen atoms in total. The summed E-state index contributed by atoms with van der Waals surface area (Å²) in [4.78, 5) is 78.7. The van der Waals surface area contributed by atoms with Crippen molar-refractivity contribution in [2.45, 2.75) is 81.3 Å². The molecule has 1 aliphatic carbocycles. The van der Waals surface area contributed by atoms with Crippen LogP contribution >= 0.6 is 11.8 Å². The van der Waals surface area contributed by atoms with E-state index in [0.717, 1.165) is 5.56 Å². The number of hydrogen-bond donors (Lipinski definition) is 2. The fraction of sp³-hybridized carbons (Fsp3) is 0.459. The molecule has 0 spiro atoms. The topological polar surface area (TPSA) is 167 Å². The van der Waals surface area contributed by atoms with E-state index in [1.54, 1.807) is 51.1 Å². The first kappa shape index (κ1) is 37.4. The summed E-state index contributed by atoms with van der Waals surface area (Å²) in [5.74, 6) is -3.77. The molecule has 5 rings (SSSR count). The van der Waals surface area contributed by atoms with Crippen LogP contribution in [0, 0.1) is 11.8 Å². The first-order chi connectivity index (χ1) is 24.4. The molecule has 0 bridgehead atoms. The Morgan fingerprint density at radius 3 is 2.06 bits per heavy atom. The van der Waals surface area contributed by atoms with Gasteiger partial charge in [0, 0.05) is 16.5 Å². The quantitative estimate of drug-likeness (QED) is 0.102. The van der Waals surface area contributed by atoms with Crippen LogP contribution < -0.4 is 10.6 Å². The molecule has 1 unspecified atom stereocenters. The van der Waals surface area contributed by atoms with Crippen LogP contribution in [0.1, 0.15) is 63.6 Å². The number of esters is 4. The van der Waals surface area contributed by atoms with Crippen LogP contribution in [0.25, 0.3) is 0 Å². The fourth-order valence-electron chi connectivity index (χ4n) is 6.57. The summed E-state index contributed by atoms with van der Waals surface area (Å²) in [5.41, 5.74) is 1.90. The molecule has 2 aromatic carbocycles. The second-order valence-electron chi connectivity index (χ2n) is 13.3. The van der Waals surface area contributed by atoms with Gasteiger partial charge in [-0.3, -0.25) is 19.2 Å². The van der Waals surface area contributed by atoms with Crippen LogP contribution in [-0.4, -0.2) is 76.7 Å². The molecule has 2 amide bonds. The summed E-state index contributed by atoms with van der Waals surface area (Å²) < 4.78 is 20.0. The number of methoxy groups -OCH3 is 1. The van der Waals surface area contributed by atoms with Crippen molar-refractivity contribution in [1.29, 1.82) is 0 Å². The van der Waals surface area contributed by atoms with Crippen molar-refractivity contribution in [3.63, 3.8) is 0 Å². The number of β-lactam (4-membered cyclic amide) rings is 1. The average Bonchev–Trinajstić information content (AvgIpc) is 3.39. The van der Waals surface area contributed by atoms with E-state index in [2.05, 4.69) is 15.4 Å². The Morgan fingerprint density at radius 1 is 0.882 bits per heavy atom. The highest BCUT2D eigenvalue weighted by atomic mass is 32.2. The predicted octanol–water partition coefficient (Wildman–Crippen LogP) is 3.53. The molecule has 0 radical (unpaired) electrons. The summed E-state index contributed by atoms with van der Waals surface area (Å²) in [7, 11) is 1.25. The molecule has 2 heterocycles. The number of fused-ring (bicyclic) bond motifs is 1. The van der Waals surface area contributed by atoms with E-state index >= 15 is 0 Å². The van der Waals surface area contributed by atoms with Crippen molar-refractivity contribution in [1.82, 2.24) is 15.5 Å². The molecule has 51 heavy (non-hydrogen) atoms. The molecule has 2 saturated heterocycles. The SMILES string of the molecule is COC(=O)C=C(C)NC(C(=O)N[C@@H]1C(=O)N2[C@@H]1SC(C)(C)[C@@H]2C(=O)OCOC(=O)[C@H]1CC[C@H](C(=O)OCc2ccccc2)CC1)c1ccccc1. The van der Waals surface area contributed by atoms with Crippen molar-refractivity contribution in [3.8, 4) is 0 Å². The zero-order valence-corrected chi connectivity index (χ0v) is 29.8. The van der Waals surface area contributed by atoms with E-state index in [9.17, 15) is 28.8 Å².